The van der Waals surface area contributed by atoms with Crippen molar-refractivity contribution < 1.29 is 23.4 Å². The Labute approximate surface area is 141 Å². The van der Waals surface area contributed by atoms with E-state index in [0.29, 0.717) is 18.0 Å². The lowest BCUT2D eigenvalue weighted by atomic mass is 10.2. The van der Waals surface area contributed by atoms with E-state index in [1.54, 1.807) is 0 Å². The molecule has 0 unspecified atom stereocenters. The quantitative estimate of drug-likeness (QED) is 0.829. The highest BCUT2D eigenvalue weighted by molar-refractivity contribution is 5.93. The molecule has 1 amide bonds. The van der Waals surface area contributed by atoms with Crippen LogP contribution in [-0.4, -0.2) is 37.9 Å². The summed E-state index contributed by atoms with van der Waals surface area (Å²) in [5.41, 5.74) is 0.327. The molecule has 132 valence electrons. The summed E-state index contributed by atoms with van der Waals surface area (Å²) in [5, 5.41) is 2.68. The van der Waals surface area contributed by atoms with Crippen LogP contribution in [0.2, 0.25) is 0 Å². The first-order valence-corrected chi connectivity index (χ1v) is 8.66. The maximum atomic E-state index is 13.5. The summed E-state index contributed by atoms with van der Waals surface area (Å²) in [7, 11) is 0. The molecule has 1 saturated heterocycles. The second-order valence-corrected chi connectivity index (χ2v) is 6.35. The molecule has 6 heteroatoms. The fraction of sp³-hybridized carbons (Fsp3) is 0.611. The van der Waals surface area contributed by atoms with E-state index in [9.17, 15) is 9.18 Å². The molecule has 1 N–H and O–H groups in total. The summed E-state index contributed by atoms with van der Waals surface area (Å²) < 4.78 is 30.3. The molecule has 0 bridgehead atoms. The van der Waals surface area contributed by atoms with Crippen molar-refractivity contribution in [2.75, 3.05) is 25.1 Å². The van der Waals surface area contributed by atoms with E-state index in [0.717, 1.165) is 45.1 Å². The van der Waals surface area contributed by atoms with Gasteiger partial charge in [-0.3, -0.25) is 4.79 Å². The molecule has 1 saturated carbocycles. The minimum absolute atomic E-state index is 0.0215. The van der Waals surface area contributed by atoms with Gasteiger partial charge in [0.25, 0.3) is 0 Å². The summed E-state index contributed by atoms with van der Waals surface area (Å²) in [6, 6.07) is 4.10. The summed E-state index contributed by atoms with van der Waals surface area (Å²) in [5.74, 6) is -0.276. The lowest BCUT2D eigenvalue weighted by Crippen LogP contribution is -2.23. The number of rotatable bonds is 7. The van der Waals surface area contributed by atoms with E-state index in [4.69, 9.17) is 14.2 Å². The molecule has 1 aromatic rings. The van der Waals surface area contributed by atoms with Crippen molar-refractivity contribution >= 4 is 11.6 Å². The van der Waals surface area contributed by atoms with Crippen molar-refractivity contribution in [2.45, 2.75) is 50.7 Å². The second kappa shape index (κ2) is 8.44. The van der Waals surface area contributed by atoms with Gasteiger partial charge < -0.3 is 19.5 Å². The number of hydrogen-bond acceptors (Lipinski definition) is 4. The van der Waals surface area contributed by atoms with Gasteiger partial charge in [0, 0.05) is 12.7 Å². The Kier molecular flexibility index (Phi) is 6.04. The van der Waals surface area contributed by atoms with Crippen LogP contribution in [0.1, 0.15) is 38.5 Å². The molecule has 1 aliphatic carbocycles. The topological polar surface area (TPSA) is 56.8 Å². The molecule has 2 fully saturated rings. The zero-order valence-electron chi connectivity index (χ0n) is 13.8. The summed E-state index contributed by atoms with van der Waals surface area (Å²) in [4.78, 5) is 12.1. The smallest absolute Gasteiger partial charge is 0.250 e. The van der Waals surface area contributed by atoms with E-state index < -0.39 is 5.82 Å². The molecule has 1 aliphatic heterocycles. The van der Waals surface area contributed by atoms with Crippen molar-refractivity contribution in [3.63, 3.8) is 0 Å². The average Bonchev–Trinajstić information content (AvgIpc) is 3.26. The molecule has 24 heavy (non-hydrogen) atoms. The number of ether oxygens (including phenoxy) is 3. The van der Waals surface area contributed by atoms with Gasteiger partial charge in [0.05, 0.1) is 17.9 Å². The SMILES string of the molecule is O=C(COC1CCCC1)Nc1cc(F)ccc1OC[C@@H]1CCCO1. The van der Waals surface area contributed by atoms with Crippen molar-refractivity contribution in [3.8, 4) is 5.75 Å². The second-order valence-electron chi connectivity index (χ2n) is 6.35. The van der Waals surface area contributed by atoms with E-state index in [2.05, 4.69) is 5.32 Å². The highest BCUT2D eigenvalue weighted by atomic mass is 19.1. The van der Waals surface area contributed by atoms with Crippen LogP contribution in [-0.2, 0) is 14.3 Å². The van der Waals surface area contributed by atoms with Crippen LogP contribution in [0.15, 0.2) is 18.2 Å². The fourth-order valence-corrected chi connectivity index (χ4v) is 3.12. The minimum Gasteiger partial charge on any atom is -0.489 e. The van der Waals surface area contributed by atoms with Crippen LogP contribution in [0.25, 0.3) is 0 Å². The van der Waals surface area contributed by atoms with Gasteiger partial charge in [0.2, 0.25) is 5.91 Å². The van der Waals surface area contributed by atoms with E-state index in [1.807, 2.05) is 0 Å². The number of carbonyl (C=O) groups excluding carboxylic acids is 1. The number of nitrogens with one attached hydrogen (secondary N) is 1. The van der Waals surface area contributed by atoms with E-state index in [1.165, 1.54) is 18.2 Å². The third kappa shape index (κ3) is 4.92. The summed E-state index contributed by atoms with van der Waals surface area (Å²) in [6.07, 6.45) is 6.51. The third-order valence-corrected chi connectivity index (χ3v) is 4.42. The van der Waals surface area contributed by atoms with Gasteiger partial charge in [-0.25, -0.2) is 4.39 Å². The van der Waals surface area contributed by atoms with Gasteiger partial charge in [-0.1, -0.05) is 12.8 Å². The van der Waals surface area contributed by atoms with E-state index >= 15 is 0 Å². The van der Waals surface area contributed by atoms with Crippen LogP contribution in [0.4, 0.5) is 10.1 Å². The molecule has 1 aromatic carbocycles. The first kappa shape index (κ1) is 17.2. The Hall–Kier alpha value is -1.66. The predicted octanol–water partition coefficient (Wildman–Crippen LogP) is 3.28. The molecule has 1 heterocycles. The molecular formula is C18H24FNO4. The molecule has 3 rings (SSSR count). The van der Waals surface area contributed by atoms with Crippen molar-refractivity contribution in [3.05, 3.63) is 24.0 Å². The van der Waals surface area contributed by atoms with Gasteiger partial charge in [-0.2, -0.15) is 0 Å². The Morgan fingerprint density at radius 1 is 1.25 bits per heavy atom. The average molecular weight is 337 g/mol. The maximum absolute atomic E-state index is 13.5. The molecule has 2 aliphatic rings. The fourth-order valence-electron chi connectivity index (χ4n) is 3.12. The normalized spacial score (nSPS) is 21.1. The highest BCUT2D eigenvalue weighted by Gasteiger charge is 2.19. The van der Waals surface area contributed by atoms with Gasteiger partial charge in [-0.05, 0) is 37.8 Å². The van der Waals surface area contributed by atoms with Crippen LogP contribution >= 0.6 is 0 Å². The standard InChI is InChI=1S/C18H24FNO4/c19-13-7-8-17(24-11-15-6-3-9-22-15)16(10-13)20-18(21)12-23-14-4-1-2-5-14/h7-8,10,14-15H,1-6,9,11-12H2,(H,20,21)/t15-/m0/s1. The van der Waals surface area contributed by atoms with Gasteiger partial charge in [0.15, 0.2) is 0 Å². The molecule has 5 nitrogen and oxygen atoms in total. The summed E-state index contributed by atoms with van der Waals surface area (Å²) in [6.45, 7) is 1.12. The molecule has 0 spiro atoms. The number of amides is 1. The Morgan fingerprint density at radius 2 is 2.08 bits per heavy atom. The Bertz CT molecular complexity index is 554. The van der Waals surface area contributed by atoms with Crippen LogP contribution in [0.5, 0.6) is 5.75 Å². The van der Waals surface area contributed by atoms with Gasteiger partial charge >= 0.3 is 0 Å². The number of carbonyl (C=O) groups is 1. The number of anilines is 1. The lowest BCUT2D eigenvalue weighted by Gasteiger charge is -2.16. The monoisotopic (exact) mass is 337 g/mol. The third-order valence-electron chi connectivity index (χ3n) is 4.42. The van der Waals surface area contributed by atoms with E-state index in [-0.39, 0.29) is 24.7 Å². The predicted molar refractivity (Wildman–Crippen MR) is 87.7 cm³/mol. The zero-order chi connectivity index (χ0) is 16.8. The first-order valence-electron chi connectivity index (χ1n) is 8.66. The lowest BCUT2D eigenvalue weighted by molar-refractivity contribution is -0.122. The molecule has 0 aromatic heterocycles. The number of hydrogen-bond donors (Lipinski definition) is 1. The van der Waals surface area contributed by atoms with Crippen LogP contribution < -0.4 is 10.1 Å². The summed E-state index contributed by atoms with van der Waals surface area (Å²) >= 11 is 0. The van der Waals surface area contributed by atoms with Crippen LogP contribution in [0.3, 0.4) is 0 Å². The molecule has 1 atom stereocenters. The van der Waals surface area contributed by atoms with Crippen molar-refractivity contribution in [2.24, 2.45) is 0 Å². The minimum atomic E-state index is -0.425. The van der Waals surface area contributed by atoms with Gasteiger partial charge in [0.1, 0.15) is 24.8 Å². The first-order chi connectivity index (χ1) is 11.7. The largest absolute Gasteiger partial charge is 0.489 e. The zero-order valence-corrected chi connectivity index (χ0v) is 13.8. The number of halogens is 1. The number of benzene rings is 1. The Balaban J connectivity index is 1.54. The van der Waals surface area contributed by atoms with Crippen molar-refractivity contribution in [1.82, 2.24) is 0 Å². The van der Waals surface area contributed by atoms with Crippen LogP contribution in [0, 0.1) is 5.82 Å². The maximum Gasteiger partial charge on any atom is 0.250 e. The highest BCUT2D eigenvalue weighted by Crippen LogP contribution is 2.27. The Morgan fingerprint density at radius 3 is 2.83 bits per heavy atom. The molecular weight excluding hydrogens is 313 g/mol. The van der Waals surface area contributed by atoms with Crippen molar-refractivity contribution in [1.29, 1.82) is 0 Å². The molecule has 0 radical (unpaired) electrons. The van der Waals surface area contributed by atoms with Gasteiger partial charge in [-0.15, -0.1) is 0 Å².